The molecule has 0 unspecified atom stereocenters. The second-order valence-electron chi connectivity index (χ2n) is 9.32. The minimum Gasteiger partial charge on any atom is -0.507 e. The Morgan fingerprint density at radius 2 is 1.59 bits per heavy atom. The molecule has 0 bridgehead atoms. The highest BCUT2D eigenvalue weighted by atomic mass is 16.5. The number of anilines is 1. The average Bonchev–Trinajstić information content (AvgIpc) is 2.59. The Hall–Kier alpha value is -2.75. The van der Waals surface area contributed by atoms with E-state index in [1.807, 2.05) is 13.0 Å². The van der Waals surface area contributed by atoms with E-state index in [1.165, 1.54) is 6.08 Å². The average molecular weight is 396 g/mol. The number of benzene rings is 2. The summed E-state index contributed by atoms with van der Waals surface area (Å²) < 4.78 is 5.96. The number of aromatic hydroxyl groups is 1. The van der Waals surface area contributed by atoms with Crippen LogP contribution in [0.4, 0.5) is 5.69 Å². The summed E-state index contributed by atoms with van der Waals surface area (Å²) in [6, 6.07) is 8.80. The fourth-order valence-electron chi connectivity index (χ4n) is 3.16. The Balaban J connectivity index is 2.66. The number of nitrogen functional groups attached to an aromatic ring is 1. The van der Waals surface area contributed by atoms with Crippen molar-refractivity contribution >= 4 is 17.5 Å². The van der Waals surface area contributed by atoms with Crippen LogP contribution in [-0.2, 0) is 10.8 Å². The van der Waals surface area contributed by atoms with Gasteiger partial charge in [-0.05, 0) is 60.2 Å². The van der Waals surface area contributed by atoms with Gasteiger partial charge < -0.3 is 15.6 Å². The number of phenolic OH excluding ortho intramolecular Hbond substituents is 1. The standard InChI is InChI=1S/C25H33NO3/c1-8-29-23-18(13-14-21(27)16-9-11-17(26)12-10-16)22(28)19(24(2,3)4)15-20(23)25(5,6)7/h9-15,28H,8,26H2,1-7H3. The summed E-state index contributed by atoms with van der Waals surface area (Å²) in [5, 5.41) is 11.1. The van der Waals surface area contributed by atoms with Gasteiger partial charge in [-0.2, -0.15) is 0 Å². The molecule has 0 atom stereocenters. The first-order chi connectivity index (χ1) is 13.4. The first-order valence-corrected chi connectivity index (χ1v) is 9.98. The molecule has 2 rings (SSSR count). The number of ether oxygens (including phenoxy) is 1. The highest BCUT2D eigenvalue weighted by Crippen LogP contribution is 2.45. The summed E-state index contributed by atoms with van der Waals surface area (Å²) in [6.45, 7) is 14.9. The van der Waals surface area contributed by atoms with Crippen molar-refractivity contribution in [3.63, 3.8) is 0 Å². The number of rotatable bonds is 5. The maximum atomic E-state index is 12.6. The number of nitrogens with two attached hydrogens (primary N) is 1. The zero-order valence-corrected chi connectivity index (χ0v) is 18.6. The summed E-state index contributed by atoms with van der Waals surface area (Å²) in [7, 11) is 0. The van der Waals surface area contributed by atoms with E-state index >= 15 is 0 Å². The van der Waals surface area contributed by atoms with Crippen LogP contribution in [0, 0.1) is 0 Å². The van der Waals surface area contributed by atoms with E-state index in [0.717, 1.165) is 11.1 Å². The molecule has 0 aliphatic rings. The first kappa shape index (κ1) is 22.5. The summed E-state index contributed by atoms with van der Waals surface area (Å²) >= 11 is 0. The van der Waals surface area contributed by atoms with Crippen molar-refractivity contribution < 1.29 is 14.6 Å². The minimum absolute atomic E-state index is 0.148. The van der Waals surface area contributed by atoms with Gasteiger partial charge in [-0.15, -0.1) is 0 Å². The van der Waals surface area contributed by atoms with Crippen molar-refractivity contribution in [2.75, 3.05) is 12.3 Å². The van der Waals surface area contributed by atoms with Gasteiger partial charge in [0.25, 0.3) is 0 Å². The molecular formula is C25H33NO3. The lowest BCUT2D eigenvalue weighted by molar-refractivity contribution is 0.104. The molecular weight excluding hydrogens is 362 g/mol. The SMILES string of the molecule is CCOc1c(C(C)(C)C)cc(C(C)(C)C)c(O)c1C=CC(=O)c1ccc(N)cc1. The fourth-order valence-corrected chi connectivity index (χ4v) is 3.16. The molecule has 4 nitrogen and oxygen atoms in total. The molecule has 0 fully saturated rings. The molecule has 0 saturated heterocycles. The minimum atomic E-state index is -0.265. The van der Waals surface area contributed by atoms with Gasteiger partial charge in [-0.1, -0.05) is 41.5 Å². The van der Waals surface area contributed by atoms with Crippen LogP contribution in [0.5, 0.6) is 11.5 Å². The van der Waals surface area contributed by atoms with Crippen LogP contribution in [0.25, 0.3) is 6.08 Å². The third kappa shape index (κ3) is 5.20. The number of carbonyl (C=O) groups excluding carboxylic acids is 1. The van der Waals surface area contributed by atoms with Gasteiger partial charge >= 0.3 is 0 Å². The third-order valence-electron chi connectivity index (χ3n) is 4.79. The molecule has 0 aromatic heterocycles. The maximum absolute atomic E-state index is 12.6. The zero-order chi connectivity index (χ0) is 22.0. The van der Waals surface area contributed by atoms with Gasteiger partial charge in [0.2, 0.25) is 0 Å². The summed E-state index contributed by atoms with van der Waals surface area (Å²) in [5.74, 6) is 0.604. The van der Waals surface area contributed by atoms with Gasteiger partial charge in [0.15, 0.2) is 5.78 Å². The number of hydrogen-bond acceptors (Lipinski definition) is 4. The Kier molecular flexibility index (Phi) is 6.46. The van der Waals surface area contributed by atoms with Gasteiger partial charge in [-0.3, -0.25) is 4.79 Å². The molecule has 0 heterocycles. The van der Waals surface area contributed by atoms with Crippen LogP contribution in [-0.4, -0.2) is 17.5 Å². The van der Waals surface area contributed by atoms with E-state index in [0.29, 0.717) is 29.2 Å². The van der Waals surface area contributed by atoms with Gasteiger partial charge in [0.05, 0.1) is 12.2 Å². The van der Waals surface area contributed by atoms with Crippen molar-refractivity contribution in [3.8, 4) is 11.5 Å². The molecule has 0 spiro atoms. The van der Waals surface area contributed by atoms with Gasteiger partial charge in [-0.25, -0.2) is 0 Å². The van der Waals surface area contributed by atoms with Crippen LogP contribution in [0.1, 0.15) is 75.5 Å². The van der Waals surface area contributed by atoms with Crippen molar-refractivity contribution in [1.29, 1.82) is 0 Å². The van der Waals surface area contributed by atoms with E-state index in [9.17, 15) is 9.90 Å². The monoisotopic (exact) mass is 395 g/mol. The topological polar surface area (TPSA) is 72.5 Å². The van der Waals surface area contributed by atoms with E-state index in [2.05, 4.69) is 41.5 Å². The van der Waals surface area contributed by atoms with E-state index < -0.39 is 0 Å². The van der Waals surface area contributed by atoms with Crippen LogP contribution in [0.3, 0.4) is 0 Å². The summed E-state index contributed by atoms with van der Waals surface area (Å²) in [5.41, 5.74) is 8.75. The van der Waals surface area contributed by atoms with Crippen molar-refractivity contribution in [2.24, 2.45) is 0 Å². The molecule has 4 heteroatoms. The largest absolute Gasteiger partial charge is 0.507 e. The lowest BCUT2D eigenvalue weighted by Gasteiger charge is -2.29. The molecule has 3 N–H and O–H groups in total. The molecule has 0 aliphatic carbocycles. The second-order valence-corrected chi connectivity index (χ2v) is 9.32. The van der Waals surface area contributed by atoms with Gasteiger partial charge in [0, 0.05) is 22.4 Å². The van der Waals surface area contributed by atoms with E-state index in [4.69, 9.17) is 10.5 Å². The van der Waals surface area contributed by atoms with Crippen LogP contribution in [0.15, 0.2) is 36.4 Å². The molecule has 0 amide bonds. The maximum Gasteiger partial charge on any atom is 0.185 e. The second kappa shape index (κ2) is 8.32. The molecule has 2 aromatic rings. The van der Waals surface area contributed by atoms with Crippen LogP contribution in [0.2, 0.25) is 0 Å². The van der Waals surface area contributed by atoms with Crippen molar-refractivity contribution in [3.05, 3.63) is 58.7 Å². The van der Waals surface area contributed by atoms with Crippen molar-refractivity contribution in [1.82, 2.24) is 0 Å². The zero-order valence-electron chi connectivity index (χ0n) is 18.6. The smallest absolute Gasteiger partial charge is 0.185 e. The predicted octanol–water partition coefficient (Wildman–Crippen LogP) is 5.86. The van der Waals surface area contributed by atoms with Crippen molar-refractivity contribution in [2.45, 2.75) is 59.3 Å². The number of hydrogen-bond donors (Lipinski definition) is 2. The van der Waals surface area contributed by atoms with Gasteiger partial charge in [0.1, 0.15) is 11.5 Å². The quantitative estimate of drug-likeness (QED) is 0.377. The molecule has 29 heavy (non-hydrogen) atoms. The third-order valence-corrected chi connectivity index (χ3v) is 4.79. The van der Waals surface area contributed by atoms with Crippen LogP contribution < -0.4 is 10.5 Å². The fraction of sp³-hybridized carbons (Fsp3) is 0.400. The summed E-state index contributed by atoms with van der Waals surface area (Å²) in [6.07, 6.45) is 3.13. The molecule has 0 saturated carbocycles. The predicted molar refractivity (Wildman–Crippen MR) is 121 cm³/mol. The number of carbonyl (C=O) groups is 1. The normalized spacial score (nSPS) is 12.4. The molecule has 0 radical (unpaired) electrons. The molecule has 156 valence electrons. The lowest BCUT2D eigenvalue weighted by Crippen LogP contribution is -2.19. The highest BCUT2D eigenvalue weighted by molar-refractivity contribution is 6.07. The highest BCUT2D eigenvalue weighted by Gasteiger charge is 2.29. The number of phenols is 1. The Bertz CT molecular complexity index is 911. The molecule has 2 aromatic carbocycles. The Morgan fingerprint density at radius 1 is 1.03 bits per heavy atom. The van der Waals surface area contributed by atoms with Crippen LogP contribution >= 0.6 is 0 Å². The Morgan fingerprint density at radius 3 is 2.07 bits per heavy atom. The van der Waals surface area contributed by atoms with E-state index in [-0.39, 0.29) is 22.4 Å². The molecule has 0 aliphatic heterocycles. The Labute approximate surface area is 174 Å². The first-order valence-electron chi connectivity index (χ1n) is 9.98. The number of ketones is 1. The summed E-state index contributed by atoms with van der Waals surface area (Å²) in [4.78, 5) is 12.6. The number of allylic oxidation sites excluding steroid dienone is 1. The lowest BCUT2D eigenvalue weighted by atomic mass is 9.78. The van der Waals surface area contributed by atoms with E-state index in [1.54, 1.807) is 30.3 Å².